The molecule has 7 nitrogen and oxygen atoms in total. The monoisotopic (exact) mass is 338 g/mol. The van der Waals surface area contributed by atoms with E-state index in [4.69, 9.17) is 10.7 Å². The zero-order chi connectivity index (χ0) is 14.9. The summed E-state index contributed by atoms with van der Waals surface area (Å²) in [6.07, 6.45) is 0.0963. The smallest absolute Gasteiger partial charge is 0.357 e. The molecule has 0 bridgehead atoms. The third-order valence-corrected chi connectivity index (χ3v) is 4.87. The Hall–Kier alpha value is -1.19. The Bertz CT molecular complexity index is 642. The number of hydrogen-bond acceptors (Lipinski definition) is 7. The largest absolute Gasteiger partial charge is 0.464 e. The summed E-state index contributed by atoms with van der Waals surface area (Å²) in [7, 11) is 2.78. The van der Waals surface area contributed by atoms with Crippen LogP contribution in [-0.4, -0.2) is 44.7 Å². The van der Waals surface area contributed by atoms with Crippen LogP contribution in [0.25, 0.3) is 0 Å². The van der Waals surface area contributed by atoms with Crippen molar-refractivity contribution in [2.24, 2.45) is 5.92 Å². The van der Waals surface area contributed by atoms with Gasteiger partial charge in [0.2, 0.25) is 15.0 Å². The summed E-state index contributed by atoms with van der Waals surface area (Å²) in [5, 5.41) is 1.84. The number of rotatable bonds is 4. The minimum atomic E-state index is -3.65. The lowest BCUT2D eigenvalue weighted by molar-refractivity contribution is -0.117. The molecule has 1 atom stereocenters. The molecule has 0 N–H and O–H groups in total. The van der Waals surface area contributed by atoms with Gasteiger partial charge < -0.3 is 4.74 Å². The summed E-state index contributed by atoms with van der Waals surface area (Å²) in [5.41, 5.74) is 0.119. The van der Waals surface area contributed by atoms with Crippen LogP contribution in [0.4, 0.5) is 5.13 Å². The van der Waals surface area contributed by atoms with Crippen molar-refractivity contribution in [1.82, 2.24) is 4.98 Å². The summed E-state index contributed by atoms with van der Waals surface area (Å²) in [6, 6.07) is 0. The lowest BCUT2D eigenvalue weighted by Gasteiger charge is -2.12. The van der Waals surface area contributed by atoms with Gasteiger partial charge in [-0.25, -0.2) is 18.2 Å². The first-order chi connectivity index (χ1) is 9.30. The first-order valence-corrected chi connectivity index (χ1v) is 8.92. The number of carbonyl (C=O) groups is 2. The van der Waals surface area contributed by atoms with Gasteiger partial charge in [0.05, 0.1) is 12.9 Å². The number of methoxy groups -OCH3 is 1. The SMILES string of the molecule is COC(=O)c1csc(N2CC(CS(=O)(=O)Cl)CC2=O)n1. The zero-order valence-electron chi connectivity index (χ0n) is 10.4. The summed E-state index contributed by atoms with van der Waals surface area (Å²) < 4.78 is 26.6. The first-order valence-electron chi connectivity index (χ1n) is 5.56. The van der Waals surface area contributed by atoms with Gasteiger partial charge in [0.25, 0.3) is 0 Å². The number of aromatic nitrogens is 1. The number of amides is 1. The van der Waals surface area contributed by atoms with Crippen LogP contribution in [0.5, 0.6) is 0 Å². The van der Waals surface area contributed by atoms with Gasteiger partial charge in [0.15, 0.2) is 10.8 Å². The van der Waals surface area contributed by atoms with Crippen molar-refractivity contribution < 1.29 is 22.7 Å². The van der Waals surface area contributed by atoms with Gasteiger partial charge in [-0.3, -0.25) is 9.69 Å². The Kier molecular flexibility index (Phi) is 4.31. The third kappa shape index (κ3) is 3.47. The Balaban J connectivity index is 2.12. The van der Waals surface area contributed by atoms with E-state index in [1.165, 1.54) is 17.4 Å². The molecule has 1 aliphatic rings. The second-order valence-corrected chi connectivity index (χ2v) is 7.95. The maximum atomic E-state index is 11.9. The molecule has 1 aromatic heterocycles. The number of nitrogens with zero attached hydrogens (tertiary/aromatic N) is 2. The predicted octanol–water partition coefficient (Wildman–Crippen LogP) is 0.851. The standard InChI is InChI=1S/C10H11ClN2O5S2/c1-18-9(15)7-4-19-10(12-7)13-3-6(2-8(13)14)5-20(11,16)17/h4,6H,2-3,5H2,1H3. The number of thiazole rings is 1. The number of hydrogen-bond donors (Lipinski definition) is 0. The van der Waals surface area contributed by atoms with Crippen LogP contribution < -0.4 is 4.90 Å². The highest BCUT2D eigenvalue weighted by atomic mass is 35.7. The van der Waals surface area contributed by atoms with E-state index in [-0.39, 0.29) is 36.2 Å². The van der Waals surface area contributed by atoms with E-state index in [1.54, 1.807) is 0 Å². The molecule has 1 fully saturated rings. The third-order valence-electron chi connectivity index (χ3n) is 2.76. The van der Waals surface area contributed by atoms with E-state index in [1.807, 2.05) is 0 Å². The van der Waals surface area contributed by atoms with Gasteiger partial charge in [-0.15, -0.1) is 11.3 Å². The molecule has 0 radical (unpaired) electrons. The normalized spacial score (nSPS) is 19.4. The fraction of sp³-hybridized carbons (Fsp3) is 0.500. The molecule has 0 aliphatic carbocycles. The summed E-state index contributed by atoms with van der Waals surface area (Å²) in [4.78, 5) is 28.5. The molecule has 1 saturated heterocycles. The van der Waals surface area contributed by atoms with E-state index >= 15 is 0 Å². The van der Waals surface area contributed by atoms with Crippen LogP contribution in [0.15, 0.2) is 5.38 Å². The van der Waals surface area contributed by atoms with Crippen molar-refractivity contribution in [2.75, 3.05) is 24.3 Å². The van der Waals surface area contributed by atoms with Crippen LogP contribution in [0.1, 0.15) is 16.9 Å². The van der Waals surface area contributed by atoms with E-state index in [0.717, 1.165) is 11.3 Å². The molecule has 1 aromatic rings. The van der Waals surface area contributed by atoms with E-state index in [2.05, 4.69) is 9.72 Å². The summed E-state index contributed by atoms with van der Waals surface area (Å²) in [5.74, 6) is -1.44. The van der Waals surface area contributed by atoms with Crippen molar-refractivity contribution in [1.29, 1.82) is 0 Å². The Morgan fingerprint density at radius 1 is 1.65 bits per heavy atom. The van der Waals surface area contributed by atoms with E-state index in [0.29, 0.717) is 5.13 Å². The fourth-order valence-electron chi connectivity index (χ4n) is 1.95. The molecule has 1 aliphatic heterocycles. The lowest BCUT2D eigenvalue weighted by Crippen LogP contribution is -2.25. The molecule has 2 heterocycles. The van der Waals surface area contributed by atoms with E-state index < -0.39 is 15.0 Å². The topological polar surface area (TPSA) is 93.6 Å². The van der Waals surface area contributed by atoms with Crippen molar-refractivity contribution in [3.63, 3.8) is 0 Å². The molecule has 1 amide bonds. The molecule has 20 heavy (non-hydrogen) atoms. The van der Waals surface area contributed by atoms with Crippen molar-refractivity contribution >= 4 is 48.1 Å². The second kappa shape index (κ2) is 5.66. The maximum Gasteiger partial charge on any atom is 0.357 e. The molecule has 0 aromatic carbocycles. The van der Waals surface area contributed by atoms with Crippen molar-refractivity contribution in [3.05, 3.63) is 11.1 Å². The zero-order valence-corrected chi connectivity index (χ0v) is 12.8. The minimum Gasteiger partial charge on any atom is -0.464 e. The number of ether oxygens (including phenoxy) is 1. The molecule has 0 saturated carbocycles. The summed E-state index contributed by atoms with van der Waals surface area (Å²) in [6.45, 7) is 0.221. The molecular weight excluding hydrogens is 328 g/mol. The van der Waals surface area contributed by atoms with Gasteiger partial charge in [0, 0.05) is 34.9 Å². The lowest BCUT2D eigenvalue weighted by atomic mass is 10.1. The first kappa shape index (κ1) is 15.2. The highest BCUT2D eigenvalue weighted by Gasteiger charge is 2.34. The van der Waals surface area contributed by atoms with Gasteiger partial charge in [-0.1, -0.05) is 0 Å². The van der Waals surface area contributed by atoms with Crippen molar-refractivity contribution in [2.45, 2.75) is 6.42 Å². The molecule has 1 unspecified atom stereocenters. The Labute approximate surface area is 123 Å². The molecule has 0 spiro atoms. The van der Waals surface area contributed by atoms with Gasteiger partial charge in [-0.05, 0) is 0 Å². The average molecular weight is 339 g/mol. The maximum absolute atomic E-state index is 11.9. The Morgan fingerprint density at radius 2 is 2.35 bits per heavy atom. The Morgan fingerprint density at radius 3 is 2.95 bits per heavy atom. The van der Waals surface area contributed by atoms with Crippen LogP contribution >= 0.6 is 22.0 Å². The number of carbonyl (C=O) groups excluding carboxylic acids is 2. The van der Waals surface area contributed by atoms with Crippen LogP contribution in [0.3, 0.4) is 0 Å². The number of esters is 1. The van der Waals surface area contributed by atoms with Gasteiger partial charge in [0.1, 0.15) is 0 Å². The average Bonchev–Trinajstić information content (AvgIpc) is 2.92. The minimum absolute atomic E-state index is 0.0963. The van der Waals surface area contributed by atoms with Crippen LogP contribution in [0, 0.1) is 5.92 Å². The van der Waals surface area contributed by atoms with E-state index in [9.17, 15) is 18.0 Å². The van der Waals surface area contributed by atoms with Gasteiger partial charge >= 0.3 is 5.97 Å². The molecular formula is C10H11ClN2O5S2. The predicted molar refractivity (Wildman–Crippen MR) is 73.6 cm³/mol. The van der Waals surface area contributed by atoms with Crippen LogP contribution in [0.2, 0.25) is 0 Å². The number of halogens is 1. The molecule has 110 valence electrons. The quantitative estimate of drug-likeness (QED) is 0.597. The van der Waals surface area contributed by atoms with Gasteiger partial charge in [-0.2, -0.15) is 0 Å². The second-order valence-electron chi connectivity index (χ2n) is 4.29. The summed E-state index contributed by atoms with van der Waals surface area (Å²) >= 11 is 1.12. The highest BCUT2D eigenvalue weighted by molar-refractivity contribution is 8.13. The van der Waals surface area contributed by atoms with Crippen molar-refractivity contribution in [3.8, 4) is 0 Å². The highest BCUT2D eigenvalue weighted by Crippen LogP contribution is 2.29. The fourth-order valence-corrected chi connectivity index (χ4v) is 4.09. The molecule has 10 heteroatoms. The molecule has 2 rings (SSSR count). The van der Waals surface area contributed by atoms with Crippen LogP contribution in [-0.2, 0) is 18.6 Å². The number of anilines is 1.